The van der Waals surface area contributed by atoms with Crippen molar-refractivity contribution in [1.29, 1.82) is 0 Å². The number of alkyl halides is 3. The fourth-order valence-corrected chi connectivity index (χ4v) is 1.92. The van der Waals surface area contributed by atoms with Crippen molar-refractivity contribution in [3.05, 3.63) is 0 Å². The Bertz CT molecular complexity index is 155. The first kappa shape index (κ1) is 9.84. The molecule has 0 aromatic heterocycles. The molecule has 1 fully saturated rings. The lowest BCUT2D eigenvalue weighted by Crippen LogP contribution is -2.38. The monoisotopic (exact) mass is 181 g/mol. The minimum atomic E-state index is -4.03. The van der Waals surface area contributed by atoms with Gasteiger partial charge in [0.15, 0.2) is 0 Å². The molecule has 0 heterocycles. The van der Waals surface area contributed by atoms with Gasteiger partial charge in [-0.1, -0.05) is 6.92 Å². The molecular weight excluding hydrogens is 167 g/mol. The van der Waals surface area contributed by atoms with Crippen LogP contribution in [0.15, 0.2) is 0 Å². The predicted octanol–water partition coefficient (Wildman–Crippen LogP) is 2.31. The van der Waals surface area contributed by atoms with Gasteiger partial charge in [0.2, 0.25) is 0 Å². The molecule has 72 valence electrons. The fourth-order valence-electron chi connectivity index (χ4n) is 1.92. The van der Waals surface area contributed by atoms with Gasteiger partial charge in [0.25, 0.3) is 0 Å². The highest BCUT2D eigenvalue weighted by molar-refractivity contribution is 4.83. The number of hydrogen-bond acceptors (Lipinski definition) is 1. The Balaban J connectivity index is 2.57. The smallest absolute Gasteiger partial charge is 0.328 e. The van der Waals surface area contributed by atoms with Gasteiger partial charge < -0.3 is 5.73 Å². The molecule has 0 radical (unpaired) electrons. The van der Waals surface area contributed by atoms with Gasteiger partial charge in [-0.3, -0.25) is 0 Å². The summed E-state index contributed by atoms with van der Waals surface area (Å²) in [5.74, 6) is -1.44. The van der Waals surface area contributed by atoms with Crippen LogP contribution < -0.4 is 5.73 Å². The van der Waals surface area contributed by atoms with Crippen LogP contribution in [0.4, 0.5) is 13.2 Å². The molecule has 0 aromatic carbocycles. The van der Waals surface area contributed by atoms with Crippen molar-refractivity contribution < 1.29 is 13.2 Å². The van der Waals surface area contributed by atoms with E-state index in [4.69, 9.17) is 5.73 Å². The van der Waals surface area contributed by atoms with Crippen LogP contribution in [0, 0.1) is 11.8 Å². The second-order valence-corrected chi connectivity index (χ2v) is 3.70. The van der Waals surface area contributed by atoms with Crippen molar-refractivity contribution in [3.63, 3.8) is 0 Å². The lowest BCUT2D eigenvalue weighted by atomic mass is 9.78. The summed E-state index contributed by atoms with van der Waals surface area (Å²) in [5, 5.41) is 0. The second kappa shape index (κ2) is 3.24. The summed E-state index contributed by atoms with van der Waals surface area (Å²) >= 11 is 0. The molecule has 0 saturated heterocycles. The molecule has 1 aliphatic rings. The largest absolute Gasteiger partial charge is 0.392 e. The number of nitrogens with two attached hydrogens (primary N) is 1. The maximum absolute atomic E-state index is 12.3. The average Bonchev–Trinajstić information content (AvgIpc) is 1.83. The summed E-state index contributed by atoms with van der Waals surface area (Å²) < 4.78 is 36.8. The number of halogens is 3. The molecule has 1 saturated carbocycles. The zero-order chi connectivity index (χ0) is 9.35. The average molecular weight is 181 g/mol. The molecule has 1 aliphatic carbocycles. The van der Waals surface area contributed by atoms with E-state index in [1.165, 1.54) is 0 Å². The van der Waals surface area contributed by atoms with Gasteiger partial charge >= 0.3 is 6.18 Å². The second-order valence-electron chi connectivity index (χ2n) is 3.70. The summed E-state index contributed by atoms with van der Waals surface area (Å²) in [7, 11) is 0. The van der Waals surface area contributed by atoms with Crippen LogP contribution in [-0.2, 0) is 0 Å². The molecule has 12 heavy (non-hydrogen) atoms. The van der Waals surface area contributed by atoms with Crippen LogP contribution in [0.2, 0.25) is 0 Å². The highest BCUT2D eigenvalue weighted by Crippen LogP contribution is 2.40. The van der Waals surface area contributed by atoms with E-state index >= 15 is 0 Å². The number of rotatable bonds is 0. The third kappa shape index (κ3) is 2.12. The summed E-state index contributed by atoms with van der Waals surface area (Å²) in [4.78, 5) is 0. The Labute approximate surface area is 70.1 Å². The van der Waals surface area contributed by atoms with Crippen molar-refractivity contribution in [2.45, 2.75) is 38.4 Å². The highest BCUT2D eigenvalue weighted by Gasteiger charge is 2.44. The summed E-state index contributed by atoms with van der Waals surface area (Å²) in [6.45, 7) is 1.64. The van der Waals surface area contributed by atoms with Crippen LogP contribution in [0.25, 0.3) is 0 Å². The molecule has 2 N–H and O–H groups in total. The minimum absolute atomic E-state index is 0.0291. The van der Waals surface area contributed by atoms with Crippen LogP contribution in [0.1, 0.15) is 26.2 Å². The highest BCUT2D eigenvalue weighted by atomic mass is 19.4. The van der Waals surface area contributed by atoms with Gasteiger partial charge in [-0.05, 0) is 25.2 Å². The van der Waals surface area contributed by atoms with Crippen LogP contribution in [0.3, 0.4) is 0 Å². The number of hydrogen-bond donors (Lipinski definition) is 1. The molecule has 0 spiro atoms. The van der Waals surface area contributed by atoms with Crippen molar-refractivity contribution in [2.24, 2.45) is 17.6 Å². The first-order chi connectivity index (χ1) is 5.41. The summed E-state index contributed by atoms with van der Waals surface area (Å²) in [6, 6.07) is -0.0291. The van der Waals surface area contributed by atoms with Gasteiger partial charge in [-0.25, -0.2) is 0 Å². The maximum Gasteiger partial charge on any atom is 0.392 e. The van der Waals surface area contributed by atoms with Gasteiger partial charge in [0.1, 0.15) is 0 Å². The predicted molar refractivity (Wildman–Crippen MR) is 40.5 cm³/mol. The first-order valence-corrected chi connectivity index (χ1v) is 4.23. The third-order valence-corrected chi connectivity index (χ3v) is 2.63. The molecule has 0 amide bonds. The van der Waals surface area contributed by atoms with E-state index < -0.39 is 12.1 Å². The molecule has 0 aliphatic heterocycles. The molecule has 1 rings (SSSR count). The van der Waals surface area contributed by atoms with E-state index in [2.05, 4.69) is 0 Å². The molecule has 3 atom stereocenters. The summed E-state index contributed by atoms with van der Waals surface area (Å²) in [6.07, 6.45) is -2.82. The van der Waals surface area contributed by atoms with Crippen molar-refractivity contribution >= 4 is 0 Å². The van der Waals surface area contributed by atoms with E-state index in [9.17, 15) is 13.2 Å². The zero-order valence-electron chi connectivity index (χ0n) is 7.06. The molecule has 0 bridgehead atoms. The van der Waals surface area contributed by atoms with Gasteiger partial charge in [0, 0.05) is 6.04 Å². The fraction of sp³-hybridized carbons (Fsp3) is 1.00. The van der Waals surface area contributed by atoms with E-state index in [0.29, 0.717) is 12.8 Å². The SMILES string of the molecule is CC1CC(N)CCC1C(F)(F)F. The Morgan fingerprint density at radius 1 is 1.25 bits per heavy atom. The zero-order valence-corrected chi connectivity index (χ0v) is 7.06. The maximum atomic E-state index is 12.3. The van der Waals surface area contributed by atoms with Gasteiger partial charge in [-0.2, -0.15) is 13.2 Å². The standard InChI is InChI=1S/C8H14F3N/c1-5-4-6(12)2-3-7(5)8(9,10)11/h5-7H,2-4,12H2,1H3. The van der Waals surface area contributed by atoms with Crippen molar-refractivity contribution in [2.75, 3.05) is 0 Å². The quantitative estimate of drug-likeness (QED) is 0.609. The molecule has 4 heteroatoms. The van der Waals surface area contributed by atoms with Crippen LogP contribution in [0.5, 0.6) is 0 Å². The third-order valence-electron chi connectivity index (χ3n) is 2.63. The van der Waals surface area contributed by atoms with E-state index in [-0.39, 0.29) is 18.4 Å². The Kier molecular flexibility index (Phi) is 2.66. The molecule has 0 aromatic rings. The topological polar surface area (TPSA) is 26.0 Å². The van der Waals surface area contributed by atoms with E-state index in [1.807, 2.05) is 0 Å². The van der Waals surface area contributed by atoms with Crippen LogP contribution >= 0.6 is 0 Å². The summed E-state index contributed by atoms with van der Waals surface area (Å²) in [5.41, 5.74) is 5.56. The van der Waals surface area contributed by atoms with Gasteiger partial charge in [-0.15, -0.1) is 0 Å². The minimum Gasteiger partial charge on any atom is -0.328 e. The van der Waals surface area contributed by atoms with E-state index in [0.717, 1.165) is 0 Å². The Hall–Kier alpha value is -0.250. The van der Waals surface area contributed by atoms with Gasteiger partial charge in [0.05, 0.1) is 5.92 Å². The van der Waals surface area contributed by atoms with Crippen molar-refractivity contribution in [1.82, 2.24) is 0 Å². The van der Waals surface area contributed by atoms with Crippen molar-refractivity contribution in [3.8, 4) is 0 Å². The normalized spacial score (nSPS) is 38.2. The Morgan fingerprint density at radius 3 is 2.25 bits per heavy atom. The molecule has 1 nitrogen and oxygen atoms in total. The lowest BCUT2D eigenvalue weighted by Gasteiger charge is -2.33. The molecule has 3 unspecified atom stereocenters. The Morgan fingerprint density at radius 2 is 1.83 bits per heavy atom. The lowest BCUT2D eigenvalue weighted by molar-refractivity contribution is -0.195. The van der Waals surface area contributed by atoms with E-state index in [1.54, 1.807) is 6.92 Å². The first-order valence-electron chi connectivity index (χ1n) is 4.23. The molecular formula is C8H14F3N. The van der Waals surface area contributed by atoms with Crippen LogP contribution in [-0.4, -0.2) is 12.2 Å².